The summed E-state index contributed by atoms with van der Waals surface area (Å²) in [5.41, 5.74) is 0.595. The van der Waals surface area contributed by atoms with Crippen molar-refractivity contribution in [1.82, 2.24) is 14.8 Å². The Labute approximate surface area is 145 Å². The highest BCUT2D eigenvalue weighted by molar-refractivity contribution is 9.10. The monoisotopic (exact) mass is 381 g/mol. The first-order chi connectivity index (χ1) is 11.1. The lowest BCUT2D eigenvalue weighted by Gasteiger charge is -2.34. The maximum Gasteiger partial charge on any atom is 0.270 e. The maximum atomic E-state index is 12.4. The Morgan fingerprint density at radius 3 is 2.39 bits per heavy atom. The third-order valence-electron chi connectivity index (χ3n) is 5.04. The summed E-state index contributed by atoms with van der Waals surface area (Å²) in [6.45, 7) is 2.53. The number of piperazine rings is 1. The van der Waals surface area contributed by atoms with E-state index in [0.29, 0.717) is 38.3 Å². The molecule has 0 atom stereocenters. The number of nitrogens with zero attached hydrogens (tertiary/aromatic N) is 2. The average Bonchev–Trinajstić information content (AvgIpc) is 3.23. The Morgan fingerprint density at radius 2 is 1.78 bits per heavy atom. The van der Waals surface area contributed by atoms with Crippen LogP contribution in [0.1, 0.15) is 49.0 Å². The number of H-pyrrole nitrogens is 1. The SMILES string of the molecule is O=C(CCC1CCCC1)N1CCN(C(=O)c2cc(Br)c[nH]2)CC1. The molecule has 1 aromatic heterocycles. The van der Waals surface area contributed by atoms with Crippen LogP contribution in [0, 0.1) is 5.92 Å². The van der Waals surface area contributed by atoms with Crippen LogP contribution >= 0.6 is 15.9 Å². The third-order valence-corrected chi connectivity index (χ3v) is 5.50. The van der Waals surface area contributed by atoms with Crippen LogP contribution in [0.4, 0.5) is 0 Å². The van der Waals surface area contributed by atoms with Gasteiger partial charge in [-0.15, -0.1) is 0 Å². The second-order valence-corrected chi connectivity index (χ2v) is 7.51. The van der Waals surface area contributed by atoms with E-state index in [1.807, 2.05) is 9.80 Å². The van der Waals surface area contributed by atoms with Gasteiger partial charge in [-0.2, -0.15) is 0 Å². The number of halogens is 1. The van der Waals surface area contributed by atoms with Crippen LogP contribution in [0.5, 0.6) is 0 Å². The minimum atomic E-state index is 0.00811. The lowest BCUT2D eigenvalue weighted by atomic mass is 10.0. The molecule has 1 saturated heterocycles. The summed E-state index contributed by atoms with van der Waals surface area (Å²) in [5, 5.41) is 0. The molecule has 2 aliphatic rings. The highest BCUT2D eigenvalue weighted by Crippen LogP contribution is 2.28. The molecule has 5 nitrogen and oxygen atoms in total. The highest BCUT2D eigenvalue weighted by Gasteiger charge is 2.26. The minimum Gasteiger partial charge on any atom is -0.356 e. The normalized spacial score (nSPS) is 19.3. The van der Waals surface area contributed by atoms with Crippen molar-refractivity contribution in [3.8, 4) is 0 Å². The molecule has 6 heteroatoms. The molecule has 0 spiro atoms. The third kappa shape index (κ3) is 4.16. The van der Waals surface area contributed by atoms with Crippen molar-refractivity contribution in [3.63, 3.8) is 0 Å². The highest BCUT2D eigenvalue weighted by atomic mass is 79.9. The summed E-state index contributed by atoms with van der Waals surface area (Å²) in [6, 6.07) is 1.79. The van der Waals surface area contributed by atoms with Crippen molar-refractivity contribution >= 4 is 27.7 Å². The molecule has 1 saturated carbocycles. The van der Waals surface area contributed by atoms with E-state index in [-0.39, 0.29) is 11.8 Å². The lowest BCUT2D eigenvalue weighted by molar-refractivity contribution is -0.133. The number of hydrogen-bond donors (Lipinski definition) is 1. The van der Waals surface area contributed by atoms with Gasteiger partial charge in [-0.25, -0.2) is 0 Å². The average molecular weight is 382 g/mol. The molecule has 126 valence electrons. The number of aromatic nitrogens is 1. The van der Waals surface area contributed by atoms with Crippen LogP contribution in [-0.2, 0) is 4.79 Å². The fraction of sp³-hybridized carbons (Fsp3) is 0.647. The first kappa shape index (κ1) is 16.6. The molecule has 0 aromatic carbocycles. The van der Waals surface area contributed by atoms with Crippen molar-refractivity contribution in [3.05, 3.63) is 22.4 Å². The number of amides is 2. The van der Waals surface area contributed by atoms with Crippen LogP contribution in [0.3, 0.4) is 0 Å². The summed E-state index contributed by atoms with van der Waals surface area (Å²) in [4.78, 5) is 31.4. The molecule has 0 radical (unpaired) electrons. The predicted octanol–water partition coefficient (Wildman–Crippen LogP) is 3.03. The van der Waals surface area contributed by atoms with Crippen LogP contribution < -0.4 is 0 Å². The smallest absolute Gasteiger partial charge is 0.270 e. The number of carbonyl (C=O) groups is 2. The van der Waals surface area contributed by atoms with E-state index in [0.717, 1.165) is 16.8 Å². The van der Waals surface area contributed by atoms with Crippen molar-refractivity contribution < 1.29 is 9.59 Å². The van der Waals surface area contributed by atoms with Crippen molar-refractivity contribution in [2.45, 2.75) is 38.5 Å². The zero-order chi connectivity index (χ0) is 16.2. The lowest BCUT2D eigenvalue weighted by Crippen LogP contribution is -2.50. The molecule has 2 fully saturated rings. The molecule has 0 unspecified atom stereocenters. The number of aromatic amines is 1. The van der Waals surface area contributed by atoms with Gasteiger partial charge in [0, 0.05) is 43.3 Å². The van der Waals surface area contributed by atoms with Crippen molar-refractivity contribution in [2.24, 2.45) is 5.92 Å². The van der Waals surface area contributed by atoms with E-state index in [1.165, 1.54) is 25.7 Å². The van der Waals surface area contributed by atoms with Crippen LogP contribution in [0.2, 0.25) is 0 Å². The van der Waals surface area contributed by atoms with Gasteiger partial charge in [-0.1, -0.05) is 25.7 Å². The molecule has 23 heavy (non-hydrogen) atoms. The van der Waals surface area contributed by atoms with Crippen LogP contribution in [0.15, 0.2) is 16.7 Å². The van der Waals surface area contributed by atoms with Crippen molar-refractivity contribution in [2.75, 3.05) is 26.2 Å². The number of rotatable bonds is 4. The van der Waals surface area contributed by atoms with E-state index >= 15 is 0 Å². The van der Waals surface area contributed by atoms with Gasteiger partial charge < -0.3 is 14.8 Å². The Kier molecular flexibility index (Phi) is 5.41. The Morgan fingerprint density at radius 1 is 1.13 bits per heavy atom. The Balaban J connectivity index is 1.44. The number of hydrogen-bond acceptors (Lipinski definition) is 2. The van der Waals surface area contributed by atoms with Gasteiger partial charge in [0.2, 0.25) is 5.91 Å². The predicted molar refractivity (Wildman–Crippen MR) is 92.2 cm³/mol. The van der Waals surface area contributed by atoms with Gasteiger partial charge in [0.25, 0.3) is 5.91 Å². The molecular weight excluding hydrogens is 358 g/mol. The second-order valence-electron chi connectivity index (χ2n) is 6.59. The molecule has 3 rings (SSSR count). The van der Waals surface area contributed by atoms with Gasteiger partial charge in [0.05, 0.1) is 0 Å². The summed E-state index contributed by atoms with van der Waals surface area (Å²) < 4.78 is 0.876. The van der Waals surface area contributed by atoms with E-state index < -0.39 is 0 Å². The second kappa shape index (κ2) is 7.51. The van der Waals surface area contributed by atoms with Gasteiger partial charge in [0.15, 0.2) is 0 Å². The Hall–Kier alpha value is -1.30. The summed E-state index contributed by atoms with van der Waals surface area (Å²) >= 11 is 3.34. The fourth-order valence-electron chi connectivity index (χ4n) is 3.61. The Bertz CT molecular complexity index is 558. The van der Waals surface area contributed by atoms with Gasteiger partial charge in [-0.05, 0) is 34.3 Å². The van der Waals surface area contributed by atoms with Gasteiger partial charge >= 0.3 is 0 Å². The van der Waals surface area contributed by atoms with E-state index in [4.69, 9.17) is 0 Å². The van der Waals surface area contributed by atoms with Crippen LogP contribution in [-0.4, -0.2) is 52.8 Å². The van der Waals surface area contributed by atoms with Crippen molar-refractivity contribution in [1.29, 1.82) is 0 Å². The van der Waals surface area contributed by atoms with Gasteiger partial charge in [-0.3, -0.25) is 9.59 Å². The molecule has 2 amide bonds. The van der Waals surface area contributed by atoms with Gasteiger partial charge in [0.1, 0.15) is 5.69 Å². The molecule has 1 N–H and O–H groups in total. The molecular formula is C17H24BrN3O2. The quantitative estimate of drug-likeness (QED) is 0.871. The first-order valence-electron chi connectivity index (χ1n) is 8.54. The fourth-order valence-corrected chi connectivity index (χ4v) is 3.95. The maximum absolute atomic E-state index is 12.4. The molecule has 2 heterocycles. The zero-order valence-electron chi connectivity index (χ0n) is 13.4. The standard InChI is InChI=1S/C17H24BrN3O2/c18-14-11-15(19-12-14)17(23)21-9-7-20(8-10-21)16(22)6-5-13-3-1-2-4-13/h11-13,19H,1-10H2. The summed E-state index contributed by atoms with van der Waals surface area (Å²) in [5.74, 6) is 1.02. The molecule has 0 bridgehead atoms. The summed E-state index contributed by atoms with van der Waals surface area (Å²) in [6.07, 6.45) is 8.71. The molecule has 1 aliphatic carbocycles. The van der Waals surface area contributed by atoms with E-state index in [1.54, 1.807) is 12.3 Å². The van der Waals surface area contributed by atoms with Crippen LogP contribution in [0.25, 0.3) is 0 Å². The largest absolute Gasteiger partial charge is 0.356 e. The molecule has 1 aromatic rings. The number of nitrogens with one attached hydrogen (secondary N) is 1. The van der Waals surface area contributed by atoms with E-state index in [9.17, 15) is 9.59 Å². The topological polar surface area (TPSA) is 56.4 Å². The molecule has 1 aliphatic heterocycles. The first-order valence-corrected chi connectivity index (χ1v) is 9.34. The zero-order valence-corrected chi connectivity index (χ0v) is 15.0. The summed E-state index contributed by atoms with van der Waals surface area (Å²) in [7, 11) is 0. The number of carbonyl (C=O) groups excluding carboxylic acids is 2. The minimum absolute atomic E-state index is 0.00811. The van der Waals surface area contributed by atoms with E-state index in [2.05, 4.69) is 20.9 Å².